The molecule has 1 N–H and O–H groups in total. The zero-order chi connectivity index (χ0) is 30.4. The van der Waals surface area contributed by atoms with E-state index >= 15 is 0 Å². The first kappa shape index (κ1) is 30.6. The van der Waals surface area contributed by atoms with Gasteiger partial charge in [-0.2, -0.15) is 0 Å². The first-order valence-electron chi connectivity index (χ1n) is 15.0. The molecule has 42 heavy (non-hydrogen) atoms. The fourth-order valence-electron chi connectivity index (χ4n) is 6.23. The van der Waals surface area contributed by atoms with E-state index < -0.39 is 12.1 Å². The van der Waals surface area contributed by atoms with Crippen LogP contribution in [0, 0.1) is 16.7 Å². The van der Waals surface area contributed by atoms with Crippen molar-refractivity contribution in [3.8, 4) is 11.3 Å². The van der Waals surface area contributed by atoms with E-state index in [0.29, 0.717) is 18.5 Å². The molecule has 3 aliphatic rings. The number of ketones is 1. The summed E-state index contributed by atoms with van der Waals surface area (Å²) in [4.78, 5) is 51.5. The number of amides is 2. The van der Waals surface area contributed by atoms with Crippen LogP contribution >= 0.6 is 11.3 Å². The predicted octanol–water partition coefficient (Wildman–Crippen LogP) is 3.94. The van der Waals surface area contributed by atoms with Gasteiger partial charge in [0.05, 0.1) is 11.8 Å². The van der Waals surface area contributed by atoms with Crippen molar-refractivity contribution in [3.05, 3.63) is 35.2 Å². The molecule has 0 radical (unpaired) electrons. The molecule has 3 fully saturated rings. The molecule has 228 valence electrons. The van der Waals surface area contributed by atoms with Crippen molar-refractivity contribution in [2.45, 2.75) is 66.2 Å². The first-order valence-corrected chi connectivity index (χ1v) is 15.8. The Morgan fingerprint density at radius 2 is 1.74 bits per heavy atom. The molecule has 3 aliphatic heterocycles. The molecule has 10 heteroatoms. The van der Waals surface area contributed by atoms with Gasteiger partial charge < -0.3 is 24.8 Å². The molecule has 0 spiro atoms. The lowest BCUT2D eigenvalue weighted by Crippen LogP contribution is -2.53. The van der Waals surface area contributed by atoms with Crippen LogP contribution in [0.3, 0.4) is 0 Å². The average molecular weight is 596 g/mol. The van der Waals surface area contributed by atoms with Gasteiger partial charge in [-0.05, 0) is 36.4 Å². The second-order valence-corrected chi connectivity index (χ2v) is 15.2. The Bertz CT molecular complexity index is 1300. The topological polar surface area (TPSA) is 95.1 Å². The van der Waals surface area contributed by atoms with Crippen LogP contribution in [-0.2, 0) is 14.3 Å². The van der Waals surface area contributed by atoms with E-state index in [1.54, 1.807) is 28.4 Å². The molecule has 4 atom stereocenters. The normalized spacial score (nSPS) is 24.2. The Morgan fingerprint density at radius 3 is 2.36 bits per heavy atom. The maximum absolute atomic E-state index is 14.0. The Hall–Kier alpha value is -2.82. The monoisotopic (exact) mass is 595 g/mol. The Labute approximate surface area is 253 Å². The van der Waals surface area contributed by atoms with Crippen molar-refractivity contribution in [2.24, 2.45) is 16.7 Å². The molecular weight excluding hydrogens is 550 g/mol. The molecule has 5 rings (SSSR count). The van der Waals surface area contributed by atoms with Crippen LogP contribution in [0.25, 0.3) is 11.3 Å². The summed E-state index contributed by atoms with van der Waals surface area (Å²) in [6.45, 7) is 17.0. The van der Waals surface area contributed by atoms with Gasteiger partial charge in [-0.25, -0.2) is 4.98 Å². The SMILES string of the molecule is CN1CCN(c2nc(-c3ccc(C(=O)N[C@@H](CC(C)(C)C)C(=O)N4C[C@@H](C(C)(C)C)[C@H]5OCC(=O)[C@H]54)cc3)cs2)CC1. The molecule has 9 nitrogen and oxygen atoms in total. The third kappa shape index (κ3) is 6.55. The lowest BCUT2D eigenvalue weighted by molar-refractivity contribution is -0.138. The number of thiazole rings is 1. The van der Waals surface area contributed by atoms with Gasteiger partial charge in [0, 0.05) is 55.1 Å². The third-order valence-corrected chi connectivity index (χ3v) is 9.61. The fraction of sp³-hybridized carbons (Fsp3) is 0.625. The van der Waals surface area contributed by atoms with Crippen molar-refractivity contribution in [1.82, 2.24) is 20.1 Å². The number of nitrogens with one attached hydrogen (secondary N) is 1. The summed E-state index contributed by atoms with van der Waals surface area (Å²) >= 11 is 1.64. The number of aromatic nitrogens is 1. The van der Waals surface area contributed by atoms with E-state index in [4.69, 9.17) is 9.72 Å². The van der Waals surface area contributed by atoms with Gasteiger partial charge in [-0.15, -0.1) is 11.3 Å². The Balaban J connectivity index is 1.30. The summed E-state index contributed by atoms with van der Waals surface area (Å²) in [5, 5.41) is 6.10. The van der Waals surface area contributed by atoms with Gasteiger partial charge >= 0.3 is 0 Å². The number of likely N-dealkylation sites (tertiary alicyclic amines) is 1. The third-order valence-electron chi connectivity index (χ3n) is 8.71. The quantitative estimate of drug-likeness (QED) is 0.541. The number of hydrogen-bond donors (Lipinski definition) is 1. The Kier molecular flexibility index (Phi) is 8.53. The summed E-state index contributed by atoms with van der Waals surface area (Å²) in [5.41, 5.74) is 1.97. The van der Waals surface area contributed by atoms with Gasteiger partial charge in [0.1, 0.15) is 18.7 Å². The number of anilines is 1. The minimum Gasteiger partial charge on any atom is -0.367 e. The second-order valence-electron chi connectivity index (χ2n) is 14.3. The van der Waals surface area contributed by atoms with Crippen molar-refractivity contribution < 1.29 is 19.1 Å². The summed E-state index contributed by atoms with van der Waals surface area (Å²) in [6, 6.07) is 6.04. The largest absolute Gasteiger partial charge is 0.367 e. The van der Waals surface area contributed by atoms with Crippen LogP contribution in [0.15, 0.2) is 29.6 Å². The number of carbonyl (C=O) groups is 3. The van der Waals surface area contributed by atoms with Crippen molar-refractivity contribution in [3.63, 3.8) is 0 Å². The number of carbonyl (C=O) groups excluding carboxylic acids is 3. The highest BCUT2D eigenvalue weighted by Gasteiger charge is 2.56. The van der Waals surface area contributed by atoms with Crippen LogP contribution in [0.5, 0.6) is 0 Å². The van der Waals surface area contributed by atoms with E-state index in [9.17, 15) is 14.4 Å². The standard InChI is InChI=1S/C32H45N5O4S/c1-31(2,3)16-23(29(40)37-17-22(32(4,5)6)27-26(37)25(38)18-41-27)33-28(39)21-10-8-20(9-11-21)24-19-42-30(34-24)36-14-12-35(7)13-15-36/h8-11,19,22-23,26-27H,12-18H2,1-7H3,(H,33,39)/t22-,23+,26-,27-/m1/s1. The van der Waals surface area contributed by atoms with Gasteiger partial charge in [0.15, 0.2) is 10.9 Å². The van der Waals surface area contributed by atoms with E-state index in [0.717, 1.165) is 42.6 Å². The molecule has 0 aliphatic carbocycles. The smallest absolute Gasteiger partial charge is 0.251 e. The number of piperazine rings is 1. The maximum Gasteiger partial charge on any atom is 0.251 e. The lowest BCUT2D eigenvalue weighted by atomic mass is 9.78. The van der Waals surface area contributed by atoms with E-state index in [1.165, 1.54) is 0 Å². The van der Waals surface area contributed by atoms with E-state index in [2.05, 4.69) is 48.3 Å². The molecule has 1 aromatic heterocycles. The second kappa shape index (κ2) is 11.7. The van der Waals surface area contributed by atoms with Gasteiger partial charge in [-0.1, -0.05) is 53.7 Å². The van der Waals surface area contributed by atoms with E-state index in [1.807, 2.05) is 32.9 Å². The maximum atomic E-state index is 14.0. The molecule has 1 aromatic carbocycles. The van der Waals surface area contributed by atoms with Crippen LogP contribution in [0.1, 0.15) is 58.3 Å². The van der Waals surface area contributed by atoms with Crippen molar-refractivity contribution >= 4 is 34.1 Å². The number of likely N-dealkylation sites (N-methyl/N-ethyl adjacent to an activating group) is 1. The minimum atomic E-state index is -0.755. The molecule has 0 bridgehead atoms. The van der Waals surface area contributed by atoms with Gasteiger partial charge in [-0.3, -0.25) is 14.4 Å². The predicted molar refractivity (Wildman–Crippen MR) is 166 cm³/mol. The van der Waals surface area contributed by atoms with Crippen LogP contribution < -0.4 is 10.2 Å². The van der Waals surface area contributed by atoms with Gasteiger partial charge in [0.2, 0.25) is 5.91 Å². The number of hydrogen-bond acceptors (Lipinski definition) is 8. The molecule has 0 unspecified atom stereocenters. The number of nitrogens with zero attached hydrogens (tertiary/aromatic N) is 4. The molecule has 2 aromatic rings. The highest BCUT2D eigenvalue weighted by atomic mass is 32.1. The van der Waals surface area contributed by atoms with Crippen LogP contribution in [-0.4, -0.2) is 96.9 Å². The summed E-state index contributed by atoms with van der Waals surface area (Å²) in [6.07, 6.45) is 0.148. The number of rotatable bonds is 6. The number of benzene rings is 1. The highest BCUT2D eigenvalue weighted by molar-refractivity contribution is 7.14. The summed E-state index contributed by atoms with van der Waals surface area (Å²) in [5.74, 6) is -0.541. The molecule has 2 amide bonds. The van der Waals surface area contributed by atoms with Crippen LogP contribution in [0.4, 0.5) is 5.13 Å². The van der Waals surface area contributed by atoms with E-state index in [-0.39, 0.29) is 47.1 Å². The Morgan fingerprint density at radius 1 is 1.07 bits per heavy atom. The first-order chi connectivity index (χ1) is 19.7. The molecule has 3 saturated heterocycles. The highest BCUT2D eigenvalue weighted by Crippen LogP contribution is 2.42. The zero-order valence-electron chi connectivity index (χ0n) is 26.0. The number of fused-ring (bicyclic) bond motifs is 1. The van der Waals surface area contributed by atoms with Crippen molar-refractivity contribution in [2.75, 3.05) is 51.3 Å². The van der Waals surface area contributed by atoms with Crippen molar-refractivity contribution in [1.29, 1.82) is 0 Å². The van der Waals surface area contributed by atoms with Crippen LogP contribution in [0.2, 0.25) is 0 Å². The summed E-state index contributed by atoms with van der Waals surface area (Å²) < 4.78 is 5.89. The summed E-state index contributed by atoms with van der Waals surface area (Å²) in [7, 11) is 2.14. The molecule has 0 saturated carbocycles. The lowest BCUT2D eigenvalue weighted by Gasteiger charge is -2.32. The number of ether oxygens (including phenoxy) is 1. The number of Topliss-reactive ketones (excluding diaryl/α,β-unsaturated/α-hetero) is 1. The fourth-order valence-corrected chi connectivity index (χ4v) is 7.12. The zero-order valence-corrected chi connectivity index (χ0v) is 26.8. The average Bonchev–Trinajstić information content (AvgIpc) is 3.65. The molecule has 4 heterocycles. The van der Waals surface area contributed by atoms with Gasteiger partial charge in [0.25, 0.3) is 5.91 Å². The minimum absolute atomic E-state index is 0.0319. The molecular formula is C32H45N5O4S.